The molecular formula is C10H14N2OS. The van der Waals surface area contributed by atoms with Gasteiger partial charge in [0.15, 0.2) is 5.78 Å². The van der Waals surface area contributed by atoms with Crippen LogP contribution >= 0.6 is 11.8 Å². The van der Waals surface area contributed by atoms with Crippen molar-refractivity contribution in [1.82, 2.24) is 9.97 Å². The highest BCUT2D eigenvalue weighted by Gasteiger charge is 2.19. The van der Waals surface area contributed by atoms with Gasteiger partial charge in [-0.25, -0.2) is 4.98 Å². The number of carbonyl (C=O) groups is 1. The molecule has 0 aliphatic carbocycles. The summed E-state index contributed by atoms with van der Waals surface area (Å²) in [5.74, 6) is 2.24. The third-order valence-electron chi connectivity index (χ3n) is 2.46. The fourth-order valence-corrected chi connectivity index (χ4v) is 2.90. The standard InChI is InChI=1S/C10H14N2OS/c1-7(13)8-6-11-10(12-8)9-4-2-3-5-14-9/h6,9H,2-5H2,1H3,(H,11,12). The molecule has 1 aromatic rings. The maximum Gasteiger partial charge on any atom is 0.177 e. The van der Waals surface area contributed by atoms with Gasteiger partial charge in [0.05, 0.1) is 11.4 Å². The quantitative estimate of drug-likeness (QED) is 0.763. The zero-order valence-electron chi connectivity index (χ0n) is 8.25. The Kier molecular flexibility index (Phi) is 2.91. The van der Waals surface area contributed by atoms with Crippen molar-refractivity contribution in [2.45, 2.75) is 31.4 Å². The third-order valence-corrected chi connectivity index (χ3v) is 3.85. The molecule has 76 valence electrons. The van der Waals surface area contributed by atoms with Crippen LogP contribution in [0.15, 0.2) is 6.20 Å². The smallest absolute Gasteiger partial charge is 0.177 e. The van der Waals surface area contributed by atoms with Crippen molar-refractivity contribution in [3.8, 4) is 0 Å². The molecule has 0 saturated carbocycles. The number of ketones is 1. The summed E-state index contributed by atoms with van der Waals surface area (Å²) < 4.78 is 0. The van der Waals surface area contributed by atoms with Gasteiger partial charge in [0.1, 0.15) is 11.5 Å². The summed E-state index contributed by atoms with van der Waals surface area (Å²) >= 11 is 1.94. The number of nitrogens with one attached hydrogen (secondary N) is 1. The molecule has 0 aromatic carbocycles. The van der Waals surface area contributed by atoms with Gasteiger partial charge < -0.3 is 4.98 Å². The number of hydrogen-bond donors (Lipinski definition) is 1. The van der Waals surface area contributed by atoms with E-state index in [2.05, 4.69) is 9.97 Å². The van der Waals surface area contributed by atoms with Gasteiger partial charge in [-0.15, -0.1) is 0 Å². The lowest BCUT2D eigenvalue weighted by Gasteiger charge is -2.18. The molecule has 1 aliphatic heterocycles. The lowest BCUT2D eigenvalue weighted by molar-refractivity contribution is 0.101. The molecular weight excluding hydrogens is 196 g/mol. The van der Waals surface area contributed by atoms with Gasteiger partial charge in [0, 0.05) is 6.92 Å². The Labute approximate surface area is 87.7 Å². The third kappa shape index (κ3) is 2.00. The van der Waals surface area contributed by atoms with Gasteiger partial charge in [0.2, 0.25) is 0 Å². The maximum atomic E-state index is 11.1. The lowest BCUT2D eigenvalue weighted by Crippen LogP contribution is -2.04. The molecule has 1 saturated heterocycles. The molecule has 0 amide bonds. The summed E-state index contributed by atoms with van der Waals surface area (Å²) in [5.41, 5.74) is 0.631. The molecule has 1 N–H and O–H groups in total. The molecule has 0 spiro atoms. The van der Waals surface area contributed by atoms with Crippen LogP contribution in [-0.2, 0) is 0 Å². The maximum absolute atomic E-state index is 11.1. The van der Waals surface area contributed by atoms with E-state index in [4.69, 9.17) is 0 Å². The largest absolute Gasteiger partial charge is 0.339 e. The number of imidazole rings is 1. The Morgan fingerprint density at radius 1 is 1.64 bits per heavy atom. The molecule has 3 nitrogen and oxygen atoms in total. The first kappa shape index (κ1) is 9.77. The second kappa shape index (κ2) is 4.17. The van der Waals surface area contributed by atoms with E-state index in [1.54, 1.807) is 13.1 Å². The zero-order valence-corrected chi connectivity index (χ0v) is 9.06. The van der Waals surface area contributed by atoms with Gasteiger partial charge in [-0.1, -0.05) is 6.42 Å². The van der Waals surface area contributed by atoms with Crippen molar-refractivity contribution >= 4 is 17.5 Å². The Morgan fingerprint density at radius 2 is 2.50 bits per heavy atom. The molecule has 1 atom stereocenters. The Hall–Kier alpha value is -0.770. The number of thioether (sulfide) groups is 1. The summed E-state index contributed by atoms with van der Waals surface area (Å²) in [4.78, 5) is 18.4. The summed E-state index contributed by atoms with van der Waals surface area (Å²) in [6, 6.07) is 0. The van der Waals surface area contributed by atoms with Crippen molar-refractivity contribution in [3.63, 3.8) is 0 Å². The number of aromatic amines is 1. The molecule has 14 heavy (non-hydrogen) atoms. The fraction of sp³-hybridized carbons (Fsp3) is 0.600. The van der Waals surface area contributed by atoms with Crippen LogP contribution in [0.5, 0.6) is 0 Å². The van der Waals surface area contributed by atoms with Gasteiger partial charge in [-0.2, -0.15) is 11.8 Å². The summed E-state index contributed by atoms with van der Waals surface area (Å²) in [7, 11) is 0. The normalized spacial score (nSPS) is 22.2. The fourth-order valence-electron chi connectivity index (χ4n) is 1.64. The molecule has 0 bridgehead atoms. The van der Waals surface area contributed by atoms with Crippen LogP contribution in [0, 0.1) is 0 Å². The summed E-state index contributed by atoms with van der Waals surface area (Å²) in [5, 5.41) is 0.469. The first-order valence-corrected chi connectivity index (χ1v) is 5.99. The highest BCUT2D eigenvalue weighted by Crippen LogP contribution is 2.36. The van der Waals surface area contributed by atoms with Crippen LogP contribution in [0.4, 0.5) is 0 Å². The number of H-pyrrole nitrogens is 1. The Bertz CT molecular complexity index is 329. The topological polar surface area (TPSA) is 45.8 Å². The van der Waals surface area contributed by atoms with E-state index in [9.17, 15) is 4.79 Å². The van der Waals surface area contributed by atoms with Gasteiger partial charge in [-0.05, 0) is 18.6 Å². The average molecular weight is 210 g/mol. The SMILES string of the molecule is CC(=O)c1cnc(C2CCCCS2)[nH]1. The van der Waals surface area contributed by atoms with Crippen LogP contribution in [0.25, 0.3) is 0 Å². The first-order valence-electron chi connectivity index (χ1n) is 4.95. The monoisotopic (exact) mass is 210 g/mol. The van der Waals surface area contributed by atoms with Gasteiger partial charge in [-0.3, -0.25) is 4.79 Å². The lowest BCUT2D eigenvalue weighted by atomic mass is 10.2. The molecule has 0 radical (unpaired) electrons. The molecule has 4 heteroatoms. The van der Waals surface area contributed by atoms with Crippen molar-refractivity contribution in [2.75, 3.05) is 5.75 Å². The molecule has 1 aromatic heterocycles. The second-order valence-electron chi connectivity index (χ2n) is 3.59. The number of aromatic nitrogens is 2. The predicted molar refractivity (Wildman–Crippen MR) is 57.6 cm³/mol. The van der Waals surface area contributed by atoms with E-state index in [0.717, 1.165) is 5.82 Å². The van der Waals surface area contributed by atoms with Gasteiger partial charge >= 0.3 is 0 Å². The van der Waals surface area contributed by atoms with E-state index < -0.39 is 0 Å². The molecule has 1 unspecified atom stereocenters. The van der Waals surface area contributed by atoms with Crippen molar-refractivity contribution in [2.24, 2.45) is 0 Å². The minimum absolute atomic E-state index is 0.0598. The minimum atomic E-state index is 0.0598. The van der Waals surface area contributed by atoms with Crippen molar-refractivity contribution in [3.05, 3.63) is 17.7 Å². The number of carbonyl (C=O) groups excluding carboxylic acids is 1. The van der Waals surface area contributed by atoms with Crippen molar-refractivity contribution < 1.29 is 4.79 Å². The van der Waals surface area contributed by atoms with Crippen LogP contribution in [0.1, 0.15) is 47.7 Å². The minimum Gasteiger partial charge on any atom is -0.339 e. The predicted octanol–water partition coefficient (Wildman–Crippen LogP) is 2.57. The molecule has 1 aliphatic rings. The summed E-state index contributed by atoms with van der Waals surface area (Å²) in [6.45, 7) is 1.56. The first-order chi connectivity index (χ1) is 6.77. The highest BCUT2D eigenvalue weighted by atomic mass is 32.2. The van der Waals surface area contributed by atoms with Crippen molar-refractivity contribution in [1.29, 1.82) is 0 Å². The number of nitrogens with zero attached hydrogens (tertiary/aromatic N) is 1. The van der Waals surface area contributed by atoms with E-state index in [1.165, 1.54) is 25.0 Å². The van der Waals surface area contributed by atoms with E-state index in [0.29, 0.717) is 10.9 Å². The van der Waals surface area contributed by atoms with Crippen LogP contribution in [-0.4, -0.2) is 21.5 Å². The van der Waals surface area contributed by atoms with E-state index in [-0.39, 0.29) is 5.78 Å². The Morgan fingerprint density at radius 3 is 3.07 bits per heavy atom. The average Bonchev–Trinajstić information content (AvgIpc) is 2.68. The molecule has 1 fully saturated rings. The van der Waals surface area contributed by atoms with E-state index >= 15 is 0 Å². The zero-order chi connectivity index (χ0) is 9.97. The second-order valence-corrected chi connectivity index (χ2v) is 4.90. The molecule has 2 rings (SSSR count). The van der Waals surface area contributed by atoms with Crippen LogP contribution in [0.3, 0.4) is 0 Å². The molecule has 2 heterocycles. The van der Waals surface area contributed by atoms with Crippen LogP contribution in [0.2, 0.25) is 0 Å². The van der Waals surface area contributed by atoms with Crippen LogP contribution < -0.4 is 0 Å². The highest BCUT2D eigenvalue weighted by molar-refractivity contribution is 7.99. The number of hydrogen-bond acceptors (Lipinski definition) is 3. The van der Waals surface area contributed by atoms with E-state index in [1.807, 2.05) is 11.8 Å². The number of Topliss-reactive ketones (excluding diaryl/α,β-unsaturated/α-hetero) is 1. The van der Waals surface area contributed by atoms with Gasteiger partial charge in [0.25, 0.3) is 0 Å². The Balaban J connectivity index is 2.11. The number of rotatable bonds is 2. The summed E-state index contributed by atoms with van der Waals surface area (Å²) in [6.07, 6.45) is 5.40.